The van der Waals surface area contributed by atoms with Gasteiger partial charge in [0.1, 0.15) is 17.0 Å². The van der Waals surface area contributed by atoms with Crippen LogP contribution in [0.1, 0.15) is 19.8 Å². The molecule has 3 N–H and O–H groups in total. The highest BCUT2D eigenvalue weighted by molar-refractivity contribution is 5.91. The van der Waals surface area contributed by atoms with Crippen LogP contribution in [0.3, 0.4) is 0 Å². The molecule has 1 aromatic carbocycles. The Balaban J connectivity index is 1.50. The second-order valence-corrected chi connectivity index (χ2v) is 8.21. The van der Waals surface area contributed by atoms with E-state index in [1.165, 1.54) is 30.5 Å². The summed E-state index contributed by atoms with van der Waals surface area (Å²) in [6, 6.07) is 8.12. The second-order valence-electron chi connectivity index (χ2n) is 8.21. The van der Waals surface area contributed by atoms with Gasteiger partial charge < -0.3 is 10.3 Å². The SMILES string of the molecule is C=c1c(-c2nc3c(-c4ccc(F)cc4)nccc3[nH]2)n[nH]/c1=C/C=C(\C)C1CCNCC1. The lowest BCUT2D eigenvalue weighted by Gasteiger charge is -2.23. The summed E-state index contributed by atoms with van der Waals surface area (Å²) in [5, 5.41) is 12.6. The van der Waals surface area contributed by atoms with E-state index < -0.39 is 0 Å². The normalized spacial score (nSPS) is 16.2. The molecule has 0 atom stereocenters. The lowest BCUT2D eigenvalue weighted by Crippen LogP contribution is -2.28. The number of hydrogen-bond acceptors (Lipinski definition) is 4. The first-order valence-corrected chi connectivity index (χ1v) is 10.8. The minimum Gasteiger partial charge on any atom is -0.336 e. The lowest BCUT2D eigenvalue weighted by molar-refractivity contribution is 0.420. The van der Waals surface area contributed by atoms with Crippen LogP contribution in [0, 0.1) is 11.7 Å². The molecule has 1 saturated heterocycles. The minimum absolute atomic E-state index is 0.282. The summed E-state index contributed by atoms with van der Waals surface area (Å²) in [5.74, 6) is 0.960. The van der Waals surface area contributed by atoms with Crippen molar-refractivity contribution in [3.8, 4) is 22.8 Å². The second kappa shape index (κ2) is 8.51. The quantitative estimate of drug-likeness (QED) is 0.466. The molecule has 0 spiro atoms. The number of piperidine rings is 1. The summed E-state index contributed by atoms with van der Waals surface area (Å²) >= 11 is 0. The Morgan fingerprint density at radius 2 is 1.91 bits per heavy atom. The van der Waals surface area contributed by atoms with Crippen LogP contribution in [-0.2, 0) is 0 Å². The largest absolute Gasteiger partial charge is 0.336 e. The van der Waals surface area contributed by atoms with Crippen molar-refractivity contribution < 1.29 is 4.39 Å². The van der Waals surface area contributed by atoms with Gasteiger partial charge in [-0.2, -0.15) is 5.10 Å². The molecule has 32 heavy (non-hydrogen) atoms. The Morgan fingerprint density at radius 1 is 1.12 bits per heavy atom. The van der Waals surface area contributed by atoms with Gasteiger partial charge in [-0.05, 0) is 75.2 Å². The summed E-state index contributed by atoms with van der Waals surface area (Å²) in [6.45, 7) is 8.57. The van der Waals surface area contributed by atoms with Crippen molar-refractivity contribution in [2.75, 3.05) is 13.1 Å². The molecular formula is C25H25FN6. The molecular weight excluding hydrogens is 403 g/mol. The molecule has 5 rings (SSSR count). The van der Waals surface area contributed by atoms with Gasteiger partial charge in [0.05, 0.1) is 16.6 Å². The van der Waals surface area contributed by atoms with E-state index in [-0.39, 0.29) is 5.82 Å². The van der Waals surface area contributed by atoms with Gasteiger partial charge in [-0.3, -0.25) is 10.1 Å². The van der Waals surface area contributed by atoms with Crippen LogP contribution in [-0.4, -0.2) is 38.2 Å². The van der Waals surface area contributed by atoms with Crippen molar-refractivity contribution in [1.82, 2.24) is 30.5 Å². The third kappa shape index (κ3) is 3.87. The topological polar surface area (TPSA) is 82.3 Å². The van der Waals surface area contributed by atoms with E-state index in [1.807, 2.05) is 12.1 Å². The van der Waals surface area contributed by atoms with Gasteiger partial charge in [0.25, 0.3) is 0 Å². The number of nitrogens with zero attached hydrogens (tertiary/aromatic N) is 3. The highest BCUT2D eigenvalue weighted by atomic mass is 19.1. The van der Waals surface area contributed by atoms with Gasteiger partial charge in [-0.25, -0.2) is 9.37 Å². The van der Waals surface area contributed by atoms with Crippen LogP contribution in [0.4, 0.5) is 4.39 Å². The van der Waals surface area contributed by atoms with Crippen molar-refractivity contribution in [3.63, 3.8) is 0 Å². The molecule has 0 radical (unpaired) electrons. The summed E-state index contributed by atoms with van der Waals surface area (Å²) in [5.41, 5.74) is 5.09. The molecule has 0 saturated carbocycles. The maximum absolute atomic E-state index is 13.3. The number of halogens is 1. The molecule has 4 heterocycles. The van der Waals surface area contributed by atoms with E-state index in [9.17, 15) is 4.39 Å². The van der Waals surface area contributed by atoms with Crippen molar-refractivity contribution in [3.05, 3.63) is 64.6 Å². The van der Waals surface area contributed by atoms with E-state index >= 15 is 0 Å². The van der Waals surface area contributed by atoms with Crippen LogP contribution in [0.5, 0.6) is 0 Å². The summed E-state index contributed by atoms with van der Waals surface area (Å²) in [4.78, 5) is 12.5. The fourth-order valence-corrected chi connectivity index (χ4v) is 4.21. The molecule has 6 nitrogen and oxygen atoms in total. The van der Waals surface area contributed by atoms with Crippen molar-refractivity contribution in [2.45, 2.75) is 19.8 Å². The highest BCUT2D eigenvalue weighted by Gasteiger charge is 2.15. The zero-order chi connectivity index (χ0) is 22.1. The highest BCUT2D eigenvalue weighted by Crippen LogP contribution is 2.26. The molecule has 0 amide bonds. The van der Waals surface area contributed by atoms with Gasteiger partial charge >= 0.3 is 0 Å². The van der Waals surface area contributed by atoms with Gasteiger partial charge in [0, 0.05) is 17.0 Å². The predicted molar refractivity (Wildman–Crippen MR) is 125 cm³/mol. The molecule has 3 aromatic heterocycles. The summed E-state index contributed by atoms with van der Waals surface area (Å²) in [7, 11) is 0. The Hall–Kier alpha value is -3.58. The number of allylic oxidation sites excluding steroid dienone is 2. The number of rotatable bonds is 4. The maximum atomic E-state index is 13.3. The predicted octanol–water partition coefficient (Wildman–Crippen LogP) is 3.29. The first-order valence-electron chi connectivity index (χ1n) is 10.8. The number of nitrogens with one attached hydrogen (secondary N) is 3. The Kier molecular flexibility index (Phi) is 5.41. The zero-order valence-corrected chi connectivity index (χ0v) is 18.0. The van der Waals surface area contributed by atoms with Crippen LogP contribution >= 0.6 is 0 Å². The number of benzene rings is 1. The van der Waals surface area contributed by atoms with E-state index in [0.29, 0.717) is 28.6 Å². The number of pyridine rings is 1. The molecule has 0 aliphatic carbocycles. The van der Waals surface area contributed by atoms with Crippen molar-refractivity contribution in [1.29, 1.82) is 0 Å². The zero-order valence-electron chi connectivity index (χ0n) is 18.0. The van der Waals surface area contributed by atoms with Crippen LogP contribution in [0.15, 0.2) is 48.2 Å². The number of H-pyrrole nitrogens is 2. The lowest BCUT2D eigenvalue weighted by atomic mass is 9.91. The average Bonchev–Trinajstić information content (AvgIpc) is 3.41. The Labute approximate surface area is 185 Å². The van der Waals surface area contributed by atoms with Crippen LogP contribution in [0.25, 0.3) is 46.5 Å². The third-order valence-electron chi connectivity index (χ3n) is 6.14. The molecule has 4 aromatic rings. The summed E-state index contributed by atoms with van der Waals surface area (Å²) < 4.78 is 13.3. The molecule has 0 bridgehead atoms. The van der Waals surface area contributed by atoms with Gasteiger partial charge in [-0.1, -0.05) is 18.2 Å². The molecule has 1 fully saturated rings. The fraction of sp³-hybridized carbons (Fsp3) is 0.240. The molecule has 7 heteroatoms. The number of imidazole rings is 1. The number of hydrogen-bond donors (Lipinski definition) is 3. The van der Waals surface area contributed by atoms with Gasteiger partial charge in [0.15, 0.2) is 5.82 Å². The third-order valence-corrected chi connectivity index (χ3v) is 6.14. The number of aromatic amines is 2. The van der Waals surface area contributed by atoms with Crippen molar-refractivity contribution in [2.24, 2.45) is 5.92 Å². The standard InChI is InChI=1S/C25H25FN6/c1-15(17-9-12-27-13-10-17)3-8-20-16(2)22(32-31-20)25-29-21-11-14-28-23(24(21)30-25)18-4-6-19(26)7-5-18/h3-8,11,14,17,27,31H,2,9-10,12-13H2,1H3,(H,29,30)/b15-3+,20-8+. The Morgan fingerprint density at radius 3 is 2.69 bits per heavy atom. The van der Waals surface area contributed by atoms with E-state index in [1.54, 1.807) is 18.3 Å². The molecule has 1 aliphatic heterocycles. The molecule has 162 valence electrons. The van der Waals surface area contributed by atoms with E-state index in [0.717, 1.165) is 34.7 Å². The van der Waals surface area contributed by atoms with Crippen LogP contribution in [0.2, 0.25) is 0 Å². The maximum Gasteiger partial charge on any atom is 0.159 e. The fourth-order valence-electron chi connectivity index (χ4n) is 4.21. The van der Waals surface area contributed by atoms with E-state index in [4.69, 9.17) is 4.98 Å². The monoisotopic (exact) mass is 428 g/mol. The average molecular weight is 429 g/mol. The smallest absolute Gasteiger partial charge is 0.159 e. The van der Waals surface area contributed by atoms with Gasteiger partial charge in [0.2, 0.25) is 0 Å². The number of fused-ring (bicyclic) bond motifs is 1. The van der Waals surface area contributed by atoms with Gasteiger partial charge in [-0.15, -0.1) is 0 Å². The minimum atomic E-state index is -0.282. The first kappa shape index (κ1) is 20.3. The number of aromatic nitrogens is 5. The molecule has 0 unspecified atom stereocenters. The first-order chi connectivity index (χ1) is 15.6. The van der Waals surface area contributed by atoms with Crippen LogP contribution < -0.4 is 15.9 Å². The Bertz CT molecular complexity index is 1390. The summed E-state index contributed by atoms with van der Waals surface area (Å²) in [6.07, 6.45) is 8.27. The van der Waals surface area contributed by atoms with E-state index in [2.05, 4.69) is 45.1 Å². The molecule has 1 aliphatic rings. The van der Waals surface area contributed by atoms with Crippen molar-refractivity contribution >= 4 is 23.7 Å².